The second kappa shape index (κ2) is 10.1. The van der Waals surface area contributed by atoms with Gasteiger partial charge in [-0.3, -0.25) is 14.4 Å². The van der Waals surface area contributed by atoms with Crippen molar-refractivity contribution in [3.63, 3.8) is 0 Å². The number of hydrogen-bond acceptors (Lipinski definition) is 4. The van der Waals surface area contributed by atoms with Crippen molar-refractivity contribution in [1.29, 1.82) is 0 Å². The number of furan rings is 1. The van der Waals surface area contributed by atoms with Crippen molar-refractivity contribution >= 4 is 29.1 Å². The van der Waals surface area contributed by atoms with Crippen LogP contribution in [0.4, 0.5) is 11.4 Å². The molecule has 0 saturated carbocycles. The van der Waals surface area contributed by atoms with Gasteiger partial charge in [-0.15, -0.1) is 0 Å². The van der Waals surface area contributed by atoms with Crippen LogP contribution in [0, 0.1) is 0 Å². The number of likely N-dealkylation sites (N-methyl/N-ethyl adjacent to an activating group) is 1. The third kappa shape index (κ3) is 7.33. The number of anilines is 2. The first-order chi connectivity index (χ1) is 13.0. The van der Waals surface area contributed by atoms with E-state index in [1.165, 1.54) is 6.92 Å². The van der Waals surface area contributed by atoms with Gasteiger partial charge in [-0.1, -0.05) is 0 Å². The number of amides is 3. The van der Waals surface area contributed by atoms with Crippen LogP contribution >= 0.6 is 0 Å². The van der Waals surface area contributed by atoms with Gasteiger partial charge >= 0.3 is 0 Å². The van der Waals surface area contributed by atoms with Crippen LogP contribution in [0.25, 0.3) is 0 Å². The minimum absolute atomic E-state index is 0.143. The second-order valence-electron chi connectivity index (χ2n) is 6.12. The topological polar surface area (TPSA) is 105 Å². The molecule has 1 aromatic carbocycles. The van der Waals surface area contributed by atoms with E-state index >= 15 is 0 Å². The predicted octanol–water partition coefficient (Wildman–Crippen LogP) is 0.398. The summed E-state index contributed by atoms with van der Waals surface area (Å²) >= 11 is 0. The first-order valence-corrected chi connectivity index (χ1v) is 8.76. The summed E-state index contributed by atoms with van der Waals surface area (Å²) in [6, 6.07) is 10.4. The first kappa shape index (κ1) is 20.2. The number of carbonyl (C=O) groups excluding carboxylic acids is 3. The van der Waals surface area contributed by atoms with Gasteiger partial charge in [-0.25, -0.2) is 0 Å². The molecule has 0 saturated heterocycles. The molecule has 0 bridgehead atoms. The van der Waals surface area contributed by atoms with Gasteiger partial charge in [0.05, 0.1) is 19.4 Å². The number of benzene rings is 1. The van der Waals surface area contributed by atoms with Gasteiger partial charge in [0.15, 0.2) is 13.1 Å². The average molecular weight is 373 g/mol. The SMILES string of the molecule is CC[NH+](CC(=O)NCc1ccco1)CC(=O)Nc1ccc(NC(C)=O)cc1. The van der Waals surface area contributed by atoms with Crippen LogP contribution in [0.2, 0.25) is 0 Å². The lowest BCUT2D eigenvalue weighted by atomic mass is 10.2. The molecule has 0 aliphatic heterocycles. The maximum Gasteiger partial charge on any atom is 0.279 e. The molecule has 144 valence electrons. The van der Waals surface area contributed by atoms with Crippen molar-refractivity contribution in [2.24, 2.45) is 0 Å². The molecule has 8 heteroatoms. The predicted molar refractivity (Wildman–Crippen MR) is 101 cm³/mol. The number of hydrogen-bond donors (Lipinski definition) is 4. The number of quaternary nitrogens is 1. The van der Waals surface area contributed by atoms with Crippen molar-refractivity contribution in [3.05, 3.63) is 48.4 Å². The summed E-state index contributed by atoms with van der Waals surface area (Å²) in [7, 11) is 0. The highest BCUT2D eigenvalue weighted by Gasteiger charge is 2.17. The average Bonchev–Trinajstić information content (AvgIpc) is 3.14. The van der Waals surface area contributed by atoms with E-state index in [1.807, 2.05) is 6.92 Å². The summed E-state index contributed by atoms with van der Waals surface area (Å²) in [6.07, 6.45) is 1.55. The molecule has 0 fully saturated rings. The molecule has 8 nitrogen and oxygen atoms in total. The molecule has 0 aliphatic rings. The maximum absolute atomic E-state index is 12.2. The van der Waals surface area contributed by atoms with E-state index in [9.17, 15) is 14.4 Å². The fraction of sp³-hybridized carbons (Fsp3) is 0.316. The summed E-state index contributed by atoms with van der Waals surface area (Å²) in [5.41, 5.74) is 1.29. The highest BCUT2D eigenvalue weighted by atomic mass is 16.3. The van der Waals surface area contributed by atoms with Gasteiger partial charge in [-0.2, -0.15) is 0 Å². The Bertz CT molecular complexity index is 757. The lowest BCUT2D eigenvalue weighted by Gasteiger charge is -2.17. The molecule has 27 heavy (non-hydrogen) atoms. The largest absolute Gasteiger partial charge is 0.467 e. The van der Waals surface area contributed by atoms with E-state index in [0.29, 0.717) is 30.2 Å². The Balaban J connectivity index is 1.78. The van der Waals surface area contributed by atoms with E-state index < -0.39 is 0 Å². The van der Waals surface area contributed by atoms with Gasteiger partial charge in [0, 0.05) is 18.3 Å². The van der Waals surface area contributed by atoms with Crippen molar-refractivity contribution in [3.8, 4) is 0 Å². The lowest BCUT2D eigenvalue weighted by Crippen LogP contribution is -3.13. The molecule has 1 atom stereocenters. The van der Waals surface area contributed by atoms with Crippen LogP contribution in [0.15, 0.2) is 47.1 Å². The summed E-state index contributed by atoms with van der Waals surface area (Å²) < 4.78 is 5.17. The van der Waals surface area contributed by atoms with Crippen LogP contribution in [0.3, 0.4) is 0 Å². The molecule has 2 aromatic rings. The van der Waals surface area contributed by atoms with Crippen LogP contribution in [0.1, 0.15) is 19.6 Å². The third-order valence-corrected chi connectivity index (χ3v) is 3.85. The minimum atomic E-state index is -0.182. The Kier molecular flexibility index (Phi) is 7.57. The first-order valence-electron chi connectivity index (χ1n) is 8.76. The van der Waals surface area contributed by atoms with Crippen molar-refractivity contribution < 1.29 is 23.7 Å². The highest BCUT2D eigenvalue weighted by Crippen LogP contribution is 2.13. The fourth-order valence-corrected chi connectivity index (χ4v) is 2.47. The maximum atomic E-state index is 12.2. The quantitative estimate of drug-likeness (QED) is 0.511. The van der Waals surface area contributed by atoms with Crippen molar-refractivity contribution in [1.82, 2.24) is 5.32 Å². The van der Waals surface area contributed by atoms with Gasteiger partial charge in [0.2, 0.25) is 5.91 Å². The molecule has 4 N–H and O–H groups in total. The standard InChI is InChI=1S/C19H24N4O4/c1-3-23(12-18(25)20-11-17-5-4-10-27-17)13-19(26)22-16-8-6-15(7-9-16)21-14(2)24/h4-10H,3,11-13H2,1-2H3,(H,20,25)(H,21,24)(H,22,26)/p+1. The normalized spacial score (nSPS) is 11.5. The summed E-state index contributed by atoms with van der Waals surface area (Å²) in [5.74, 6) is 0.204. The molecular formula is C19H25N4O4+. The van der Waals surface area contributed by atoms with E-state index in [-0.39, 0.29) is 30.8 Å². The number of rotatable bonds is 9. The molecule has 1 heterocycles. The monoisotopic (exact) mass is 373 g/mol. The highest BCUT2D eigenvalue weighted by molar-refractivity contribution is 5.92. The van der Waals surface area contributed by atoms with Gasteiger partial charge < -0.3 is 25.3 Å². The number of carbonyl (C=O) groups is 3. The molecule has 2 rings (SSSR count). The molecular weight excluding hydrogens is 348 g/mol. The third-order valence-electron chi connectivity index (χ3n) is 3.85. The molecule has 0 radical (unpaired) electrons. The minimum Gasteiger partial charge on any atom is -0.467 e. The molecule has 0 spiro atoms. The van der Waals surface area contributed by atoms with Crippen LogP contribution in [-0.2, 0) is 20.9 Å². The van der Waals surface area contributed by atoms with E-state index in [0.717, 1.165) is 4.90 Å². The Labute approximate surface area is 157 Å². The Morgan fingerprint density at radius 2 is 1.59 bits per heavy atom. The Morgan fingerprint density at radius 1 is 0.963 bits per heavy atom. The van der Waals surface area contributed by atoms with E-state index in [1.54, 1.807) is 42.7 Å². The van der Waals surface area contributed by atoms with E-state index in [2.05, 4.69) is 16.0 Å². The molecule has 1 unspecified atom stereocenters. The van der Waals surface area contributed by atoms with Gasteiger partial charge in [0.25, 0.3) is 11.8 Å². The zero-order chi connectivity index (χ0) is 19.6. The molecule has 1 aromatic heterocycles. The zero-order valence-corrected chi connectivity index (χ0v) is 15.5. The lowest BCUT2D eigenvalue weighted by molar-refractivity contribution is -0.881. The van der Waals surface area contributed by atoms with Crippen molar-refractivity contribution in [2.75, 3.05) is 30.3 Å². The van der Waals surface area contributed by atoms with Gasteiger partial charge in [0.1, 0.15) is 5.76 Å². The molecule has 0 aliphatic carbocycles. The van der Waals surface area contributed by atoms with Crippen molar-refractivity contribution in [2.45, 2.75) is 20.4 Å². The molecule has 3 amide bonds. The second-order valence-corrected chi connectivity index (χ2v) is 6.12. The number of nitrogens with one attached hydrogen (secondary N) is 4. The van der Waals surface area contributed by atoms with Crippen LogP contribution in [0.5, 0.6) is 0 Å². The fourth-order valence-electron chi connectivity index (χ4n) is 2.47. The summed E-state index contributed by atoms with van der Waals surface area (Å²) in [4.78, 5) is 36.1. The summed E-state index contributed by atoms with van der Waals surface area (Å²) in [5, 5.41) is 8.23. The van der Waals surface area contributed by atoms with Crippen LogP contribution in [-0.4, -0.2) is 37.4 Å². The van der Waals surface area contributed by atoms with Crippen LogP contribution < -0.4 is 20.9 Å². The van der Waals surface area contributed by atoms with Gasteiger partial charge in [-0.05, 0) is 43.3 Å². The van der Waals surface area contributed by atoms with E-state index in [4.69, 9.17) is 4.42 Å². The zero-order valence-electron chi connectivity index (χ0n) is 15.5. The summed E-state index contributed by atoms with van der Waals surface area (Å²) in [6.45, 7) is 4.70. The Morgan fingerprint density at radius 3 is 2.15 bits per heavy atom. The Hall–Kier alpha value is -3.13. The smallest absolute Gasteiger partial charge is 0.279 e.